The maximum Gasteiger partial charge on any atom is 0.231 e. The van der Waals surface area contributed by atoms with Crippen molar-refractivity contribution in [3.8, 4) is 5.75 Å². The third-order valence-corrected chi connectivity index (χ3v) is 2.80. The lowest BCUT2D eigenvalue weighted by molar-refractivity contribution is -0.120. The fourth-order valence-corrected chi connectivity index (χ4v) is 1.78. The van der Waals surface area contributed by atoms with Crippen LogP contribution in [0.5, 0.6) is 5.75 Å². The lowest BCUT2D eigenvalue weighted by Gasteiger charge is -2.13. The van der Waals surface area contributed by atoms with Gasteiger partial charge in [0.25, 0.3) is 0 Å². The van der Waals surface area contributed by atoms with Gasteiger partial charge in [-0.2, -0.15) is 0 Å². The SMILES string of the molecule is COc1cccc(NC(=O)C2COCC2N)c1. The molecule has 1 heterocycles. The first kappa shape index (κ1) is 11.9. The Kier molecular flexibility index (Phi) is 3.61. The van der Waals surface area contributed by atoms with Crippen LogP contribution in [0.4, 0.5) is 5.69 Å². The maximum absolute atomic E-state index is 11.9. The zero-order valence-corrected chi connectivity index (χ0v) is 9.68. The Balaban J connectivity index is 2.02. The molecule has 1 fully saturated rings. The summed E-state index contributed by atoms with van der Waals surface area (Å²) in [5.74, 6) is 0.319. The van der Waals surface area contributed by atoms with Gasteiger partial charge in [-0.05, 0) is 12.1 Å². The molecule has 0 aromatic heterocycles. The van der Waals surface area contributed by atoms with E-state index in [0.29, 0.717) is 24.7 Å². The van der Waals surface area contributed by atoms with E-state index in [9.17, 15) is 4.79 Å². The number of nitrogens with one attached hydrogen (secondary N) is 1. The number of carbonyl (C=O) groups is 1. The minimum Gasteiger partial charge on any atom is -0.497 e. The van der Waals surface area contributed by atoms with E-state index >= 15 is 0 Å². The van der Waals surface area contributed by atoms with Crippen LogP contribution in [0.2, 0.25) is 0 Å². The van der Waals surface area contributed by atoms with Crippen LogP contribution < -0.4 is 15.8 Å². The summed E-state index contributed by atoms with van der Waals surface area (Å²) in [4.78, 5) is 11.9. The van der Waals surface area contributed by atoms with Gasteiger partial charge in [-0.25, -0.2) is 0 Å². The molecule has 1 aromatic carbocycles. The molecule has 0 aliphatic carbocycles. The summed E-state index contributed by atoms with van der Waals surface area (Å²) in [5, 5.41) is 2.81. The van der Waals surface area contributed by atoms with E-state index < -0.39 is 0 Å². The van der Waals surface area contributed by atoms with Crippen molar-refractivity contribution >= 4 is 11.6 Å². The van der Waals surface area contributed by atoms with Gasteiger partial charge in [-0.3, -0.25) is 4.79 Å². The lowest BCUT2D eigenvalue weighted by atomic mass is 10.0. The molecule has 0 spiro atoms. The number of methoxy groups -OCH3 is 1. The number of hydrogen-bond acceptors (Lipinski definition) is 4. The molecule has 0 bridgehead atoms. The molecule has 3 N–H and O–H groups in total. The molecule has 1 aliphatic heterocycles. The number of hydrogen-bond donors (Lipinski definition) is 2. The van der Waals surface area contributed by atoms with Crippen LogP contribution in [-0.2, 0) is 9.53 Å². The van der Waals surface area contributed by atoms with Gasteiger partial charge in [0.2, 0.25) is 5.91 Å². The average Bonchev–Trinajstić information content (AvgIpc) is 2.76. The van der Waals surface area contributed by atoms with E-state index in [2.05, 4.69) is 5.32 Å². The number of anilines is 1. The second-order valence-electron chi connectivity index (χ2n) is 4.03. The molecular weight excluding hydrogens is 220 g/mol. The highest BCUT2D eigenvalue weighted by Crippen LogP contribution is 2.19. The van der Waals surface area contributed by atoms with Crippen molar-refractivity contribution in [2.75, 3.05) is 25.6 Å². The Morgan fingerprint density at radius 3 is 3.00 bits per heavy atom. The highest BCUT2D eigenvalue weighted by atomic mass is 16.5. The highest BCUT2D eigenvalue weighted by molar-refractivity contribution is 5.93. The van der Waals surface area contributed by atoms with Crippen molar-refractivity contribution in [1.29, 1.82) is 0 Å². The van der Waals surface area contributed by atoms with Crippen molar-refractivity contribution in [3.63, 3.8) is 0 Å². The molecule has 5 heteroatoms. The fraction of sp³-hybridized carbons (Fsp3) is 0.417. The average molecular weight is 236 g/mol. The van der Waals surface area contributed by atoms with E-state index in [0.717, 1.165) is 0 Å². The van der Waals surface area contributed by atoms with Gasteiger partial charge in [-0.15, -0.1) is 0 Å². The number of amides is 1. The van der Waals surface area contributed by atoms with Crippen LogP contribution in [0, 0.1) is 5.92 Å². The van der Waals surface area contributed by atoms with Crippen LogP contribution in [-0.4, -0.2) is 32.3 Å². The summed E-state index contributed by atoms with van der Waals surface area (Å²) in [6.07, 6.45) is 0. The molecule has 17 heavy (non-hydrogen) atoms. The molecule has 1 aliphatic rings. The Morgan fingerprint density at radius 2 is 2.35 bits per heavy atom. The molecular formula is C12H16N2O3. The zero-order chi connectivity index (χ0) is 12.3. The topological polar surface area (TPSA) is 73.6 Å². The summed E-state index contributed by atoms with van der Waals surface area (Å²) < 4.78 is 10.2. The van der Waals surface area contributed by atoms with Crippen LogP contribution >= 0.6 is 0 Å². The Morgan fingerprint density at radius 1 is 1.53 bits per heavy atom. The third-order valence-electron chi connectivity index (χ3n) is 2.80. The first-order chi connectivity index (χ1) is 8.20. The molecule has 5 nitrogen and oxygen atoms in total. The molecule has 1 amide bonds. The van der Waals surface area contributed by atoms with Gasteiger partial charge >= 0.3 is 0 Å². The molecule has 2 atom stereocenters. The number of benzene rings is 1. The fourth-order valence-electron chi connectivity index (χ4n) is 1.78. The lowest BCUT2D eigenvalue weighted by Crippen LogP contribution is -2.37. The van der Waals surface area contributed by atoms with Crippen molar-refractivity contribution in [2.24, 2.45) is 11.7 Å². The van der Waals surface area contributed by atoms with E-state index in [1.165, 1.54) is 0 Å². The first-order valence-corrected chi connectivity index (χ1v) is 5.49. The van der Waals surface area contributed by atoms with Crippen LogP contribution in [0.15, 0.2) is 24.3 Å². The van der Waals surface area contributed by atoms with Gasteiger partial charge in [0.15, 0.2) is 0 Å². The van der Waals surface area contributed by atoms with Crippen LogP contribution in [0.1, 0.15) is 0 Å². The van der Waals surface area contributed by atoms with Crippen molar-refractivity contribution in [2.45, 2.75) is 6.04 Å². The van der Waals surface area contributed by atoms with Crippen molar-refractivity contribution < 1.29 is 14.3 Å². The normalized spacial score (nSPS) is 23.4. The summed E-state index contributed by atoms with van der Waals surface area (Å²) in [6.45, 7) is 0.827. The molecule has 92 valence electrons. The zero-order valence-electron chi connectivity index (χ0n) is 9.68. The minimum atomic E-state index is -0.277. The maximum atomic E-state index is 11.9. The Bertz CT molecular complexity index is 408. The summed E-state index contributed by atoms with van der Waals surface area (Å²) in [6, 6.07) is 6.99. The van der Waals surface area contributed by atoms with Gasteiger partial charge in [0.1, 0.15) is 5.75 Å². The van der Waals surface area contributed by atoms with E-state index in [1.54, 1.807) is 13.2 Å². The third kappa shape index (κ3) is 2.75. The quantitative estimate of drug-likeness (QED) is 0.806. The van der Waals surface area contributed by atoms with Gasteiger partial charge in [0.05, 0.1) is 26.2 Å². The number of ether oxygens (including phenoxy) is 2. The molecule has 0 saturated carbocycles. The molecule has 1 aromatic rings. The highest BCUT2D eigenvalue weighted by Gasteiger charge is 2.31. The van der Waals surface area contributed by atoms with Crippen LogP contribution in [0.25, 0.3) is 0 Å². The van der Waals surface area contributed by atoms with E-state index in [1.807, 2.05) is 18.2 Å². The van der Waals surface area contributed by atoms with Crippen molar-refractivity contribution in [1.82, 2.24) is 0 Å². The minimum absolute atomic E-state index is 0.108. The second kappa shape index (κ2) is 5.16. The van der Waals surface area contributed by atoms with E-state index in [-0.39, 0.29) is 17.9 Å². The smallest absolute Gasteiger partial charge is 0.231 e. The summed E-state index contributed by atoms with van der Waals surface area (Å²) in [7, 11) is 1.58. The molecule has 2 unspecified atom stereocenters. The van der Waals surface area contributed by atoms with Crippen LogP contribution in [0.3, 0.4) is 0 Å². The number of carbonyl (C=O) groups excluding carboxylic acids is 1. The monoisotopic (exact) mass is 236 g/mol. The Labute approximate surface area is 99.9 Å². The van der Waals surface area contributed by atoms with Gasteiger partial charge in [-0.1, -0.05) is 6.07 Å². The first-order valence-electron chi connectivity index (χ1n) is 5.49. The summed E-state index contributed by atoms with van der Waals surface area (Å²) >= 11 is 0. The molecule has 2 rings (SSSR count). The standard InChI is InChI=1S/C12H16N2O3/c1-16-9-4-2-3-8(5-9)14-12(15)10-6-17-7-11(10)13/h2-5,10-11H,6-7,13H2,1H3,(H,14,15). The van der Waals surface area contributed by atoms with E-state index in [4.69, 9.17) is 15.2 Å². The largest absolute Gasteiger partial charge is 0.497 e. The van der Waals surface area contributed by atoms with Crippen molar-refractivity contribution in [3.05, 3.63) is 24.3 Å². The second-order valence-corrected chi connectivity index (χ2v) is 4.03. The number of nitrogens with two attached hydrogens (primary N) is 1. The van der Waals surface area contributed by atoms with Gasteiger partial charge < -0.3 is 20.5 Å². The van der Waals surface area contributed by atoms with Gasteiger partial charge in [0, 0.05) is 17.8 Å². The molecule has 1 saturated heterocycles. The number of rotatable bonds is 3. The predicted molar refractivity (Wildman–Crippen MR) is 63.9 cm³/mol. The predicted octanol–water partition coefficient (Wildman–Crippen LogP) is 0.607. The Hall–Kier alpha value is -1.59. The summed E-state index contributed by atoms with van der Waals surface area (Å²) in [5.41, 5.74) is 6.48. The molecule has 0 radical (unpaired) electrons.